The van der Waals surface area contributed by atoms with E-state index in [4.69, 9.17) is 0 Å². The molecule has 22 heavy (non-hydrogen) atoms. The van der Waals surface area contributed by atoms with Gasteiger partial charge >= 0.3 is 0 Å². The molecule has 0 aliphatic carbocycles. The van der Waals surface area contributed by atoms with E-state index in [1.54, 1.807) is 4.52 Å². The van der Waals surface area contributed by atoms with Crippen molar-refractivity contribution in [2.75, 3.05) is 6.54 Å². The van der Waals surface area contributed by atoms with Gasteiger partial charge in [-0.05, 0) is 39.2 Å². The molecule has 0 saturated carbocycles. The highest BCUT2D eigenvalue weighted by Crippen LogP contribution is 2.20. The standard InChI is InChI=1S/C15H23N5OS/c1-9(2)6-7-16-13(21)12(5)22-15-18-14-17-10(3)8-11(4)20(14)19-15/h8-9,12H,6-7H2,1-5H3,(H,16,21). The van der Waals surface area contributed by atoms with E-state index in [0.717, 1.165) is 17.8 Å². The Labute approximate surface area is 135 Å². The molecule has 0 bridgehead atoms. The van der Waals surface area contributed by atoms with Gasteiger partial charge < -0.3 is 5.32 Å². The minimum atomic E-state index is -0.231. The number of hydrogen-bond donors (Lipinski definition) is 1. The van der Waals surface area contributed by atoms with Crippen molar-refractivity contribution < 1.29 is 4.79 Å². The summed E-state index contributed by atoms with van der Waals surface area (Å²) in [5.74, 6) is 1.18. The van der Waals surface area contributed by atoms with Crippen LogP contribution in [0.1, 0.15) is 38.6 Å². The topological polar surface area (TPSA) is 72.2 Å². The molecule has 0 aromatic carbocycles. The van der Waals surface area contributed by atoms with E-state index < -0.39 is 0 Å². The first-order valence-corrected chi connectivity index (χ1v) is 8.40. The van der Waals surface area contributed by atoms with Crippen molar-refractivity contribution in [3.63, 3.8) is 0 Å². The summed E-state index contributed by atoms with van der Waals surface area (Å²) in [5.41, 5.74) is 1.89. The number of thioether (sulfide) groups is 1. The molecule has 2 aromatic rings. The lowest BCUT2D eigenvalue weighted by atomic mass is 10.1. The second-order valence-corrected chi connectivity index (χ2v) is 7.19. The van der Waals surface area contributed by atoms with Crippen LogP contribution in [-0.2, 0) is 4.79 Å². The number of fused-ring (bicyclic) bond motifs is 1. The Morgan fingerprint density at radius 3 is 2.73 bits per heavy atom. The van der Waals surface area contributed by atoms with Gasteiger partial charge in [0.25, 0.3) is 5.78 Å². The van der Waals surface area contributed by atoms with Crippen molar-refractivity contribution in [1.29, 1.82) is 0 Å². The molecule has 120 valence electrons. The van der Waals surface area contributed by atoms with Gasteiger partial charge in [-0.25, -0.2) is 9.50 Å². The highest BCUT2D eigenvalue weighted by atomic mass is 32.2. The fourth-order valence-corrected chi connectivity index (χ4v) is 2.81. The molecule has 2 rings (SSSR count). The molecule has 1 amide bonds. The molecule has 2 aromatic heterocycles. The predicted octanol–water partition coefficient (Wildman–Crippen LogP) is 2.38. The van der Waals surface area contributed by atoms with E-state index in [1.165, 1.54) is 11.8 Å². The molecule has 2 heterocycles. The third kappa shape index (κ3) is 4.19. The highest BCUT2D eigenvalue weighted by molar-refractivity contribution is 8.00. The maximum absolute atomic E-state index is 12.1. The molecule has 1 atom stereocenters. The fraction of sp³-hybridized carbons (Fsp3) is 0.600. The van der Waals surface area contributed by atoms with Crippen LogP contribution in [-0.4, -0.2) is 37.3 Å². The van der Waals surface area contributed by atoms with Crippen molar-refractivity contribution in [2.24, 2.45) is 5.92 Å². The zero-order chi connectivity index (χ0) is 16.3. The average Bonchev–Trinajstić information content (AvgIpc) is 2.80. The minimum absolute atomic E-state index is 0.0189. The zero-order valence-corrected chi connectivity index (χ0v) is 14.6. The van der Waals surface area contributed by atoms with Crippen LogP contribution in [0.5, 0.6) is 0 Å². The van der Waals surface area contributed by atoms with E-state index in [1.807, 2.05) is 26.8 Å². The van der Waals surface area contributed by atoms with Gasteiger partial charge in [-0.3, -0.25) is 4.79 Å². The molecule has 0 saturated heterocycles. The quantitative estimate of drug-likeness (QED) is 0.827. The highest BCUT2D eigenvalue weighted by Gasteiger charge is 2.17. The minimum Gasteiger partial charge on any atom is -0.355 e. The number of aromatic nitrogens is 4. The van der Waals surface area contributed by atoms with E-state index in [9.17, 15) is 4.79 Å². The summed E-state index contributed by atoms with van der Waals surface area (Å²) >= 11 is 1.36. The number of rotatable bonds is 6. The number of amides is 1. The van der Waals surface area contributed by atoms with Crippen LogP contribution in [0.25, 0.3) is 5.78 Å². The molecule has 0 radical (unpaired) electrons. The van der Waals surface area contributed by atoms with Crippen molar-refractivity contribution in [3.8, 4) is 0 Å². The molecule has 6 nitrogen and oxygen atoms in total. The van der Waals surface area contributed by atoms with Crippen molar-refractivity contribution >= 4 is 23.4 Å². The third-order valence-electron chi connectivity index (χ3n) is 3.27. The second-order valence-electron chi connectivity index (χ2n) is 5.88. The molecule has 0 aliphatic rings. The van der Waals surface area contributed by atoms with Crippen LogP contribution >= 0.6 is 11.8 Å². The normalized spacial score (nSPS) is 12.8. The lowest BCUT2D eigenvalue weighted by molar-refractivity contribution is -0.120. The molecule has 0 fully saturated rings. The Hall–Kier alpha value is -1.63. The number of hydrogen-bond acceptors (Lipinski definition) is 5. The van der Waals surface area contributed by atoms with Crippen LogP contribution < -0.4 is 5.32 Å². The summed E-state index contributed by atoms with van der Waals surface area (Å²) in [6, 6.07) is 1.96. The van der Waals surface area contributed by atoms with E-state index in [0.29, 0.717) is 23.4 Å². The Kier molecular flexibility index (Phi) is 5.39. The monoisotopic (exact) mass is 321 g/mol. The summed E-state index contributed by atoms with van der Waals surface area (Å²) in [7, 11) is 0. The van der Waals surface area contributed by atoms with Crippen molar-refractivity contribution in [3.05, 3.63) is 17.5 Å². The molecule has 0 aliphatic heterocycles. The number of aryl methyl sites for hydroxylation is 2. The van der Waals surface area contributed by atoms with Gasteiger partial charge in [0.05, 0.1) is 5.25 Å². The lowest BCUT2D eigenvalue weighted by Crippen LogP contribution is -2.32. The van der Waals surface area contributed by atoms with Crippen LogP contribution in [0.15, 0.2) is 11.2 Å². The smallest absolute Gasteiger partial charge is 0.253 e. The molecular formula is C15H23N5OS. The number of nitrogens with one attached hydrogen (secondary N) is 1. The Bertz CT molecular complexity index is 667. The van der Waals surface area contributed by atoms with Gasteiger partial charge in [0.15, 0.2) is 0 Å². The second kappa shape index (κ2) is 7.09. The van der Waals surface area contributed by atoms with Crippen LogP contribution in [0, 0.1) is 19.8 Å². The Morgan fingerprint density at radius 2 is 2.05 bits per heavy atom. The SMILES string of the molecule is Cc1cc(C)n2nc(SC(C)C(=O)NCCC(C)C)nc2n1. The summed E-state index contributed by atoms with van der Waals surface area (Å²) in [6.45, 7) is 10.8. The third-order valence-corrected chi connectivity index (χ3v) is 4.22. The Balaban J connectivity index is 2.01. The summed E-state index contributed by atoms with van der Waals surface area (Å²) < 4.78 is 1.71. The molecule has 1 unspecified atom stereocenters. The lowest BCUT2D eigenvalue weighted by Gasteiger charge is -2.11. The maximum Gasteiger partial charge on any atom is 0.253 e. The van der Waals surface area contributed by atoms with E-state index in [-0.39, 0.29) is 11.2 Å². The summed E-state index contributed by atoms with van der Waals surface area (Å²) in [6.07, 6.45) is 0.984. The average molecular weight is 321 g/mol. The first-order chi connectivity index (χ1) is 10.4. The number of nitrogens with zero attached hydrogens (tertiary/aromatic N) is 4. The number of carbonyl (C=O) groups excluding carboxylic acids is 1. The fourth-order valence-electron chi connectivity index (χ4n) is 2.04. The first kappa shape index (κ1) is 16.7. The zero-order valence-electron chi connectivity index (χ0n) is 13.8. The maximum atomic E-state index is 12.1. The first-order valence-electron chi connectivity index (χ1n) is 7.52. The van der Waals surface area contributed by atoms with Crippen LogP contribution in [0.2, 0.25) is 0 Å². The van der Waals surface area contributed by atoms with Crippen molar-refractivity contribution in [2.45, 2.75) is 51.4 Å². The van der Waals surface area contributed by atoms with Crippen LogP contribution in [0.4, 0.5) is 0 Å². The van der Waals surface area contributed by atoms with Gasteiger partial charge in [-0.2, -0.15) is 4.98 Å². The molecule has 1 N–H and O–H groups in total. The summed E-state index contributed by atoms with van der Waals surface area (Å²) in [5, 5.41) is 7.71. The van der Waals surface area contributed by atoms with E-state index in [2.05, 4.69) is 34.2 Å². The number of carbonyl (C=O) groups is 1. The van der Waals surface area contributed by atoms with Crippen molar-refractivity contribution in [1.82, 2.24) is 24.9 Å². The van der Waals surface area contributed by atoms with Gasteiger partial charge in [0.2, 0.25) is 11.1 Å². The molecular weight excluding hydrogens is 298 g/mol. The predicted molar refractivity (Wildman–Crippen MR) is 88.0 cm³/mol. The van der Waals surface area contributed by atoms with Gasteiger partial charge in [-0.1, -0.05) is 25.6 Å². The van der Waals surface area contributed by atoms with Gasteiger partial charge in [0, 0.05) is 17.9 Å². The molecule has 0 spiro atoms. The van der Waals surface area contributed by atoms with Crippen LogP contribution in [0.3, 0.4) is 0 Å². The largest absolute Gasteiger partial charge is 0.355 e. The summed E-state index contributed by atoms with van der Waals surface area (Å²) in [4.78, 5) is 20.8. The van der Waals surface area contributed by atoms with E-state index >= 15 is 0 Å². The molecule has 7 heteroatoms. The Morgan fingerprint density at radius 1 is 1.32 bits per heavy atom. The van der Waals surface area contributed by atoms with Gasteiger partial charge in [0.1, 0.15) is 0 Å². The van der Waals surface area contributed by atoms with Gasteiger partial charge in [-0.15, -0.1) is 5.10 Å².